The number of hydrogen-bond acceptors (Lipinski definition) is 3. The van der Waals surface area contributed by atoms with Gasteiger partial charge in [0.2, 0.25) is 0 Å². The number of aliphatic hydroxyl groups excluding tert-OH is 1. The maximum Gasteiger partial charge on any atom is 0.0993 e. The largest absolute Gasteiger partial charge is 0.390 e. The summed E-state index contributed by atoms with van der Waals surface area (Å²) in [4.78, 5) is 2.20. The molecule has 0 aromatic heterocycles. The Hall–Kier alpha value is 1.32. The smallest absolute Gasteiger partial charge is 0.0993 e. The molecule has 2 saturated heterocycles. The van der Waals surface area contributed by atoms with E-state index in [0.717, 1.165) is 12.8 Å². The predicted molar refractivity (Wildman–Crippen MR) is 103 cm³/mol. The molecule has 0 amide bonds. The molecule has 2 aliphatic heterocycles. The van der Waals surface area contributed by atoms with E-state index in [1.54, 1.807) is 4.99 Å². The number of alkyl halides is 3. The molecule has 8 unspecified atom stereocenters. The molecule has 0 radical (unpaired) electrons. The summed E-state index contributed by atoms with van der Waals surface area (Å²) in [5, 5.41) is 10.3. The molecular weight excluding hydrogens is 548 g/mol. The number of ether oxygens (including phenoxy) is 2. The van der Waals surface area contributed by atoms with E-state index in [9.17, 15) is 5.11 Å². The van der Waals surface area contributed by atoms with E-state index >= 15 is 0 Å². The minimum Gasteiger partial charge on any atom is -0.390 e. The Morgan fingerprint density at radius 1 is 1.27 bits per heavy atom. The monoisotopic (exact) mass is 564 g/mol. The third-order valence-electron chi connectivity index (χ3n) is 4.10. The fourth-order valence-electron chi connectivity index (χ4n) is 2.91. The van der Waals surface area contributed by atoms with E-state index < -0.39 is 6.10 Å². The van der Waals surface area contributed by atoms with Crippen molar-refractivity contribution in [2.45, 2.75) is 71.2 Å². The van der Waals surface area contributed by atoms with Crippen LogP contribution in [0.3, 0.4) is 0 Å². The van der Waals surface area contributed by atoms with Gasteiger partial charge in [-0.2, -0.15) is 0 Å². The zero-order chi connectivity index (χ0) is 16.3. The van der Waals surface area contributed by atoms with Crippen molar-refractivity contribution >= 4 is 63.7 Å². The van der Waals surface area contributed by atoms with Crippen molar-refractivity contribution in [2.24, 2.45) is 0 Å². The fraction of sp³-hybridized carbons (Fsp3) is 0.800. The molecule has 0 saturated carbocycles. The molecule has 0 aliphatic carbocycles. The Morgan fingerprint density at radius 2 is 2.00 bits per heavy atom. The fourth-order valence-corrected chi connectivity index (χ4v) is 5.61. The van der Waals surface area contributed by atoms with E-state index in [4.69, 9.17) is 9.47 Å². The molecule has 1 N–H and O–H groups in total. The van der Waals surface area contributed by atoms with Gasteiger partial charge in [0.25, 0.3) is 0 Å². The van der Waals surface area contributed by atoms with Gasteiger partial charge in [0.05, 0.1) is 35.3 Å². The topological polar surface area (TPSA) is 38.7 Å². The van der Waals surface area contributed by atoms with Gasteiger partial charge in [-0.1, -0.05) is 70.6 Å². The van der Waals surface area contributed by atoms with E-state index in [1.165, 1.54) is 0 Å². The Bertz CT molecular complexity index is 427. The van der Waals surface area contributed by atoms with Gasteiger partial charge >= 0.3 is 0 Å². The van der Waals surface area contributed by atoms with Crippen LogP contribution in [0.15, 0.2) is 16.8 Å². The van der Waals surface area contributed by atoms with E-state index in [-0.39, 0.29) is 34.1 Å². The zero-order valence-corrected chi connectivity index (χ0v) is 18.5. The average molecular weight is 568 g/mol. The average Bonchev–Trinajstić information content (AvgIpc) is 3.06. The predicted octanol–water partition coefficient (Wildman–Crippen LogP) is 4.43. The lowest BCUT2D eigenvalue weighted by Crippen LogP contribution is -2.42. The normalized spacial score (nSPS) is 41.0. The second kappa shape index (κ2) is 9.14. The minimum atomic E-state index is -0.504. The number of halogens is 4. The van der Waals surface area contributed by atoms with Crippen LogP contribution in [0.25, 0.3) is 0 Å². The van der Waals surface area contributed by atoms with Crippen molar-refractivity contribution in [3.05, 3.63) is 16.8 Å². The molecule has 22 heavy (non-hydrogen) atoms. The first-order valence-corrected chi connectivity index (χ1v) is 11.1. The molecule has 0 aromatic carbocycles. The van der Waals surface area contributed by atoms with Crippen LogP contribution in [-0.2, 0) is 9.47 Å². The molecule has 2 heterocycles. The van der Waals surface area contributed by atoms with Gasteiger partial charge in [-0.05, 0) is 18.9 Å². The van der Waals surface area contributed by atoms with Crippen molar-refractivity contribution in [3.63, 3.8) is 0 Å². The summed E-state index contributed by atoms with van der Waals surface area (Å²) < 4.78 is 12.1. The van der Waals surface area contributed by atoms with Crippen molar-refractivity contribution < 1.29 is 14.6 Å². The van der Waals surface area contributed by atoms with Gasteiger partial charge in [0.15, 0.2) is 0 Å². The molecule has 2 rings (SSSR count). The van der Waals surface area contributed by atoms with Crippen molar-refractivity contribution in [2.75, 3.05) is 0 Å². The summed E-state index contributed by atoms with van der Waals surface area (Å²) in [5.41, 5.74) is 2.95. The third kappa shape index (κ3) is 4.69. The number of rotatable bonds is 5. The van der Waals surface area contributed by atoms with Gasteiger partial charge < -0.3 is 14.6 Å². The molecule has 3 nitrogen and oxygen atoms in total. The highest BCUT2D eigenvalue weighted by molar-refractivity contribution is 9.11. The molecular formula is C15H20Br4O3. The van der Waals surface area contributed by atoms with Crippen molar-refractivity contribution in [1.82, 2.24) is 0 Å². The lowest BCUT2D eigenvalue weighted by Gasteiger charge is -2.28. The summed E-state index contributed by atoms with van der Waals surface area (Å²) in [7, 11) is 0. The highest BCUT2D eigenvalue weighted by Crippen LogP contribution is 2.39. The van der Waals surface area contributed by atoms with Gasteiger partial charge in [0, 0.05) is 21.1 Å². The van der Waals surface area contributed by atoms with E-state index in [2.05, 4.69) is 76.4 Å². The summed E-state index contributed by atoms with van der Waals surface area (Å²) in [6.45, 7) is 2.14. The van der Waals surface area contributed by atoms with Gasteiger partial charge in [0.1, 0.15) is 0 Å². The first-order valence-electron chi connectivity index (χ1n) is 7.40. The van der Waals surface area contributed by atoms with E-state index in [0.29, 0.717) is 11.2 Å². The van der Waals surface area contributed by atoms with Crippen molar-refractivity contribution in [1.29, 1.82) is 0 Å². The zero-order valence-electron chi connectivity index (χ0n) is 12.2. The summed E-state index contributed by atoms with van der Waals surface area (Å²) in [6.07, 6.45) is 3.66. The Morgan fingerprint density at radius 3 is 2.64 bits per heavy atom. The van der Waals surface area contributed by atoms with Crippen LogP contribution in [-0.4, -0.2) is 50.1 Å². The number of aliphatic hydroxyl groups is 1. The first-order chi connectivity index (χ1) is 10.5. The second-order valence-electron chi connectivity index (χ2n) is 5.64. The highest BCUT2D eigenvalue weighted by atomic mass is 79.9. The summed E-state index contributed by atoms with van der Waals surface area (Å²) in [5.74, 6) is 0. The third-order valence-corrected chi connectivity index (χ3v) is 7.54. The standard InChI is InChI=1S/C15H20Br4O3/c1-2-9(17)12-7-10(18)14(22-12)13(19)15-11(20)6-8(21-15)4-3-5-16/h4-5,8-15,20H,2,6-7H2,1H3. The Kier molecular flexibility index (Phi) is 8.16. The van der Waals surface area contributed by atoms with Gasteiger partial charge in [-0.15, -0.1) is 5.73 Å². The summed E-state index contributed by atoms with van der Waals surface area (Å²) in [6, 6.07) is 0. The molecule has 0 spiro atoms. The van der Waals surface area contributed by atoms with Gasteiger partial charge in [-0.3, -0.25) is 0 Å². The molecule has 7 heteroatoms. The maximum absolute atomic E-state index is 10.3. The number of hydrogen-bond donors (Lipinski definition) is 1. The van der Waals surface area contributed by atoms with Crippen LogP contribution in [0.5, 0.6) is 0 Å². The Balaban J connectivity index is 1.99. The molecule has 126 valence electrons. The molecule has 0 bridgehead atoms. The minimum absolute atomic E-state index is 0.0225. The van der Waals surface area contributed by atoms with Crippen LogP contribution in [0.1, 0.15) is 26.2 Å². The Labute approximate surface area is 165 Å². The van der Waals surface area contributed by atoms with Crippen LogP contribution in [0.4, 0.5) is 0 Å². The molecule has 0 aromatic rings. The summed E-state index contributed by atoms with van der Waals surface area (Å²) >= 11 is 14.3. The second-order valence-corrected chi connectivity index (χ2v) is 9.51. The highest BCUT2D eigenvalue weighted by Gasteiger charge is 2.47. The van der Waals surface area contributed by atoms with Crippen LogP contribution in [0, 0.1) is 0 Å². The van der Waals surface area contributed by atoms with Crippen LogP contribution in [0.2, 0.25) is 0 Å². The first kappa shape index (κ1) is 19.6. The molecule has 2 fully saturated rings. The lowest BCUT2D eigenvalue weighted by atomic mass is 10.0. The maximum atomic E-state index is 10.3. The van der Waals surface area contributed by atoms with Gasteiger partial charge in [-0.25, -0.2) is 0 Å². The van der Waals surface area contributed by atoms with Crippen LogP contribution < -0.4 is 0 Å². The molecule has 8 atom stereocenters. The van der Waals surface area contributed by atoms with Crippen LogP contribution >= 0.6 is 63.7 Å². The molecule has 2 aliphatic rings. The lowest BCUT2D eigenvalue weighted by molar-refractivity contribution is -0.0222. The SMILES string of the molecule is CCC(Br)C1CC(Br)C(C(Br)C2OC(C=C=CBr)CC2O)O1. The van der Waals surface area contributed by atoms with Crippen molar-refractivity contribution in [3.8, 4) is 0 Å². The quantitative estimate of drug-likeness (QED) is 0.395. The van der Waals surface area contributed by atoms with E-state index in [1.807, 2.05) is 6.08 Å².